The number of hydrogen-bond acceptors (Lipinski definition) is 3. The summed E-state index contributed by atoms with van der Waals surface area (Å²) in [5.41, 5.74) is 1.94. The van der Waals surface area contributed by atoms with E-state index in [1.165, 1.54) is 0 Å². The van der Waals surface area contributed by atoms with Crippen molar-refractivity contribution in [3.63, 3.8) is 0 Å². The van der Waals surface area contributed by atoms with E-state index in [1.54, 1.807) is 18.5 Å². The van der Waals surface area contributed by atoms with Gasteiger partial charge in [0.25, 0.3) is 5.91 Å². The van der Waals surface area contributed by atoms with Crippen LogP contribution in [0.2, 0.25) is 0 Å². The Morgan fingerprint density at radius 1 is 1.33 bits per heavy atom. The molecule has 1 heterocycles. The lowest BCUT2D eigenvalue weighted by atomic mass is 10.1. The predicted octanol–water partition coefficient (Wildman–Crippen LogP) is 2.29. The molecular formula is C13H12BrN3O. The van der Waals surface area contributed by atoms with Crippen LogP contribution in [0.4, 0.5) is 0 Å². The summed E-state index contributed by atoms with van der Waals surface area (Å²) in [6, 6.07) is 5.48. The molecule has 0 unspecified atom stereocenters. The van der Waals surface area contributed by atoms with Gasteiger partial charge in [0.2, 0.25) is 0 Å². The quantitative estimate of drug-likeness (QED) is 0.885. The molecule has 92 valence electrons. The van der Waals surface area contributed by atoms with E-state index in [4.69, 9.17) is 0 Å². The van der Waals surface area contributed by atoms with Crippen molar-refractivity contribution in [2.24, 2.45) is 0 Å². The highest BCUT2D eigenvalue weighted by Gasteiger charge is 2.43. The molecule has 1 aliphatic carbocycles. The highest BCUT2D eigenvalue weighted by molar-refractivity contribution is 9.09. The maximum atomic E-state index is 12.3. The molecule has 0 bridgehead atoms. The number of nitrogens with one attached hydrogen (secondary N) is 1. The Morgan fingerprint density at radius 2 is 2.11 bits per heavy atom. The minimum absolute atomic E-state index is 0.0541. The van der Waals surface area contributed by atoms with Gasteiger partial charge in [0.1, 0.15) is 5.52 Å². The summed E-state index contributed by atoms with van der Waals surface area (Å²) in [7, 11) is 0. The molecule has 0 atom stereocenters. The molecule has 1 aromatic carbocycles. The maximum absolute atomic E-state index is 12.3. The van der Waals surface area contributed by atoms with E-state index in [-0.39, 0.29) is 11.4 Å². The molecule has 1 fully saturated rings. The van der Waals surface area contributed by atoms with Crippen molar-refractivity contribution < 1.29 is 4.79 Å². The average Bonchev–Trinajstić information content (AvgIpc) is 3.18. The second-order valence-corrected chi connectivity index (χ2v) is 5.16. The van der Waals surface area contributed by atoms with Gasteiger partial charge in [-0.3, -0.25) is 14.8 Å². The Balaban J connectivity index is 1.96. The fraction of sp³-hybridized carbons (Fsp3) is 0.308. The summed E-state index contributed by atoms with van der Waals surface area (Å²) in [5, 5.41) is 3.87. The topological polar surface area (TPSA) is 54.9 Å². The van der Waals surface area contributed by atoms with E-state index in [2.05, 4.69) is 31.2 Å². The number of para-hydroxylation sites is 1. The molecule has 1 aliphatic rings. The second-order valence-electron chi connectivity index (χ2n) is 4.60. The Morgan fingerprint density at radius 3 is 2.83 bits per heavy atom. The lowest BCUT2D eigenvalue weighted by Crippen LogP contribution is -2.38. The third-order valence-corrected chi connectivity index (χ3v) is 4.30. The first-order valence-corrected chi connectivity index (χ1v) is 6.94. The van der Waals surface area contributed by atoms with Crippen LogP contribution in [0.3, 0.4) is 0 Å². The normalized spacial score (nSPS) is 16.5. The molecule has 5 heteroatoms. The first-order valence-electron chi connectivity index (χ1n) is 5.82. The number of nitrogens with zero attached hydrogens (tertiary/aromatic N) is 2. The molecule has 0 spiro atoms. The highest BCUT2D eigenvalue weighted by atomic mass is 79.9. The number of rotatable bonds is 3. The third kappa shape index (κ3) is 1.99. The van der Waals surface area contributed by atoms with Gasteiger partial charge in [-0.25, -0.2) is 0 Å². The largest absolute Gasteiger partial charge is 0.346 e. The number of hydrogen-bond donors (Lipinski definition) is 1. The van der Waals surface area contributed by atoms with Crippen molar-refractivity contribution in [2.45, 2.75) is 18.4 Å². The summed E-state index contributed by atoms with van der Waals surface area (Å²) in [5.74, 6) is -0.0712. The highest BCUT2D eigenvalue weighted by Crippen LogP contribution is 2.37. The fourth-order valence-corrected chi connectivity index (χ4v) is 2.63. The van der Waals surface area contributed by atoms with Gasteiger partial charge in [-0.2, -0.15) is 0 Å². The molecule has 0 saturated heterocycles. The van der Waals surface area contributed by atoms with Crippen molar-refractivity contribution in [1.29, 1.82) is 0 Å². The molecule has 1 N–H and O–H groups in total. The van der Waals surface area contributed by atoms with Gasteiger partial charge in [0.15, 0.2) is 0 Å². The smallest absolute Gasteiger partial charge is 0.254 e. The molecular weight excluding hydrogens is 294 g/mol. The van der Waals surface area contributed by atoms with Crippen LogP contribution < -0.4 is 5.32 Å². The third-order valence-electron chi connectivity index (χ3n) is 3.23. The van der Waals surface area contributed by atoms with E-state index in [9.17, 15) is 4.79 Å². The molecule has 0 radical (unpaired) electrons. The Bertz CT molecular complexity index is 605. The molecule has 18 heavy (non-hydrogen) atoms. The molecule has 1 aromatic heterocycles. The average molecular weight is 306 g/mol. The van der Waals surface area contributed by atoms with Crippen LogP contribution in [0, 0.1) is 0 Å². The standard InChI is InChI=1S/C13H12BrN3O/c14-8-13(4-5-13)17-12(18)9-2-1-3-10-11(9)16-7-6-15-10/h1-3,6-7H,4-5,8H2,(H,17,18). The van der Waals surface area contributed by atoms with Crippen molar-refractivity contribution in [2.75, 3.05) is 5.33 Å². The van der Waals surface area contributed by atoms with Gasteiger partial charge in [0.05, 0.1) is 16.6 Å². The van der Waals surface area contributed by atoms with Crippen molar-refractivity contribution in [3.8, 4) is 0 Å². The molecule has 1 amide bonds. The Hall–Kier alpha value is -1.49. The summed E-state index contributed by atoms with van der Waals surface area (Å²) in [6.45, 7) is 0. The zero-order valence-electron chi connectivity index (χ0n) is 9.69. The monoisotopic (exact) mass is 305 g/mol. The Labute approximate surface area is 113 Å². The van der Waals surface area contributed by atoms with Crippen LogP contribution in [0.5, 0.6) is 0 Å². The van der Waals surface area contributed by atoms with Crippen LogP contribution in [0.25, 0.3) is 11.0 Å². The zero-order valence-corrected chi connectivity index (χ0v) is 11.3. The minimum Gasteiger partial charge on any atom is -0.346 e. The number of halogens is 1. The molecule has 2 aromatic rings. The number of amides is 1. The first-order chi connectivity index (χ1) is 8.74. The number of benzene rings is 1. The number of carbonyl (C=O) groups is 1. The van der Waals surface area contributed by atoms with Crippen molar-refractivity contribution in [1.82, 2.24) is 15.3 Å². The van der Waals surface area contributed by atoms with E-state index in [1.807, 2.05) is 12.1 Å². The predicted molar refractivity (Wildman–Crippen MR) is 72.8 cm³/mol. The fourth-order valence-electron chi connectivity index (χ4n) is 1.93. The number of alkyl halides is 1. The van der Waals surface area contributed by atoms with Gasteiger partial charge in [-0.1, -0.05) is 22.0 Å². The van der Waals surface area contributed by atoms with Gasteiger partial charge in [-0.15, -0.1) is 0 Å². The van der Waals surface area contributed by atoms with Crippen molar-refractivity contribution >= 4 is 32.9 Å². The van der Waals surface area contributed by atoms with Crippen LogP contribution in [-0.4, -0.2) is 26.7 Å². The van der Waals surface area contributed by atoms with Crippen LogP contribution >= 0.6 is 15.9 Å². The number of aromatic nitrogens is 2. The second kappa shape index (κ2) is 4.31. The number of carbonyl (C=O) groups excluding carboxylic acids is 1. The van der Waals surface area contributed by atoms with E-state index in [0.717, 1.165) is 23.7 Å². The van der Waals surface area contributed by atoms with Crippen LogP contribution in [0.15, 0.2) is 30.6 Å². The Kier molecular flexibility index (Phi) is 2.78. The van der Waals surface area contributed by atoms with Gasteiger partial charge < -0.3 is 5.32 Å². The van der Waals surface area contributed by atoms with Gasteiger partial charge in [-0.05, 0) is 25.0 Å². The first kappa shape index (κ1) is 11.6. The molecule has 3 rings (SSSR count). The SMILES string of the molecule is O=C(NC1(CBr)CC1)c1cccc2nccnc12. The van der Waals surface area contributed by atoms with E-state index >= 15 is 0 Å². The van der Waals surface area contributed by atoms with E-state index in [0.29, 0.717) is 11.1 Å². The lowest BCUT2D eigenvalue weighted by molar-refractivity contribution is 0.0938. The molecule has 4 nitrogen and oxygen atoms in total. The maximum Gasteiger partial charge on any atom is 0.254 e. The molecule has 0 aliphatic heterocycles. The summed E-state index contributed by atoms with van der Waals surface area (Å²) in [4.78, 5) is 20.7. The molecule has 1 saturated carbocycles. The van der Waals surface area contributed by atoms with Crippen molar-refractivity contribution in [3.05, 3.63) is 36.2 Å². The zero-order chi connectivity index (χ0) is 12.6. The lowest BCUT2D eigenvalue weighted by Gasteiger charge is -2.14. The van der Waals surface area contributed by atoms with Crippen LogP contribution in [0.1, 0.15) is 23.2 Å². The summed E-state index contributed by atoms with van der Waals surface area (Å²) >= 11 is 3.44. The number of fused-ring (bicyclic) bond motifs is 1. The summed E-state index contributed by atoms with van der Waals surface area (Å²) < 4.78 is 0. The summed E-state index contributed by atoms with van der Waals surface area (Å²) in [6.07, 6.45) is 5.29. The van der Waals surface area contributed by atoms with Gasteiger partial charge in [0, 0.05) is 17.7 Å². The van der Waals surface area contributed by atoms with Crippen LogP contribution in [-0.2, 0) is 0 Å². The minimum atomic E-state index is -0.0712. The van der Waals surface area contributed by atoms with Gasteiger partial charge >= 0.3 is 0 Å². The van der Waals surface area contributed by atoms with E-state index < -0.39 is 0 Å².